The van der Waals surface area contributed by atoms with Crippen LogP contribution >= 0.6 is 11.6 Å². The van der Waals surface area contributed by atoms with E-state index in [0.717, 1.165) is 22.3 Å². The number of aryl methyl sites for hydroxylation is 1. The number of aliphatic hydroxyl groups is 1. The van der Waals surface area contributed by atoms with Crippen molar-refractivity contribution in [2.45, 2.75) is 63.6 Å². The average molecular weight is 528 g/mol. The summed E-state index contributed by atoms with van der Waals surface area (Å²) in [5.41, 5.74) is 1.06. The molecule has 0 aliphatic carbocycles. The number of amides is 2. The summed E-state index contributed by atoms with van der Waals surface area (Å²) in [7, 11) is 0. The van der Waals surface area contributed by atoms with Crippen LogP contribution < -0.4 is 4.90 Å². The Bertz CT molecular complexity index is 1340. The standard InChI is InChI=1S/C27H31ClFN5O3/c1-26(2,37)24(35)32-13-8-27(9-14-32)19-7-11-30-16-22(19)34(25(27)36)17-23-31-20-15-18(28)5-6-21(20)33(23)12-4-3-10-29/h5-7,11,15-16,37H,3-4,8-10,12-14,17H2,1-2H3. The number of benzene rings is 1. The molecule has 3 aromatic rings. The number of hydrogen-bond donors (Lipinski definition) is 1. The molecule has 8 nitrogen and oxygen atoms in total. The highest BCUT2D eigenvalue weighted by molar-refractivity contribution is 6.31. The zero-order chi connectivity index (χ0) is 26.4. The molecule has 0 bridgehead atoms. The molecule has 0 unspecified atom stereocenters. The van der Waals surface area contributed by atoms with Gasteiger partial charge in [0, 0.05) is 30.9 Å². The maximum absolute atomic E-state index is 14.1. The van der Waals surface area contributed by atoms with Crippen molar-refractivity contribution in [2.24, 2.45) is 0 Å². The fourth-order valence-electron chi connectivity index (χ4n) is 5.64. The summed E-state index contributed by atoms with van der Waals surface area (Å²) in [6.45, 7) is 4.17. The van der Waals surface area contributed by atoms with E-state index in [4.69, 9.17) is 16.6 Å². The Hall–Kier alpha value is -3.04. The van der Waals surface area contributed by atoms with Crippen molar-refractivity contribution >= 4 is 40.1 Å². The second-order valence-corrected chi connectivity index (χ2v) is 10.9. The van der Waals surface area contributed by atoms with Crippen LogP contribution in [0.5, 0.6) is 0 Å². The number of pyridine rings is 1. The maximum atomic E-state index is 14.1. The number of piperidine rings is 1. The van der Waals surface area contributed by atoms with Gasteiger partial charge in [-0.2, -0.15) is 0 Å². The minimum atomic E-state index is -1.46. The number of rotatable bonds is 7. The van der Waals surface area contributed by atoms with Crippen LogP contribution in [0.2, 0.25) is 5.02 Å². The first-order valence-corrected chi connectivity index (χ1v) is 13.0. The van der Waals surface area contributed by atoms with Gasteiger partial charge in [-0.25, -0.2) is 4.98 Å². The second kappa shape index (κ2) is 9.68. The monoisotopic (exact) mass is 527 g/mol. The van der Waals surface area contributed by atoms with Crippen molar-refractivity contribution in [2.75, 3.05) is 24.7 Å². The smallest absolute Gasteiger partial charge is 0.253 e. The predicted octanol–water partition coefficient (Wildman–Crippen LogP) is 4.01. The van der Waals surface area contributed by atoms with Crippen molar-refractivity contribution in [1.82, 2.24) is 19.4 Å². The number of nitrogens with zero attached hydrogens (tertiary/aromatic N) is 5. The van der Waals surface area contributed by atoms with Gasteiger partial charge in [0.15, 0.2) is 0 Å². The first-order valence-electron chi connectivity index (χ1n) is 12.6. The minimum Gasteiger partial charge on any atom is -0.381 e. The van der Waals surface area contributed by atoms with Gasteiger partial charge in [-0.05, 0) is 69.4 Å². The molecule has 37 heavy (non-hydrogen) atoms. The number of halogens is 2. The molecule has 2 aliphatic heterocycles. The summed E-state index contributed by atoms with van der Waals surface area (Å²) < 4.78 is 14.9. The number of unbranched alkanes of at least 4 members (excludes halogenated alkanes) is 1. The van der Waals surface area contributed by atoms with Crippen molar-refractivity contribution in [3.8, 4) is 0 Å². The quantitative estimate of drug-likeness (QED) is 0.469. The molecule has 1 aromatic carbocycles. The molecular formula is C27H31ClFN5O3. The van der Waals surface area contributed by atoms with E-state index in [-0.39, 0.29) is 25.0 Å². The van der Waals surface area contributed by atoms with Crippen molar-refractivity contribution in [3.63, 3.8) is 0 Å². The predicted molar refractivity (Wildman–Crippen MR) is 139 cm³/mol. The molecule has 1 spiro atoms. The summed E-state index contributed by atoms with van der Waals surface area (Å²) >= 11 is 6.21. The Morgan fingerprint density at radius 3 is 2.68 bits per heavy atom. The van der Waals surface area contributed by atoms with Gasteiger partial charge < -0.3 is 19.5 Å². The van der Waals surface area contributed by atoms with Crippen LogP contribution in [0.3, 0.4) is 0 Å². The van der Waals surface area contributed by atoms with Crippen molar-refractivity contribution < 1.29 is 19.1 Å². The molecule has 0 saturated carbocycles. The zero-order valence-electron chi connectivity index (χ0n) is 21.1. The van der Waals surface area contributed by atoms with Crippen LogP contribution in [-0.4, -0.2) is 61.7 Å². The Kier molecular flexibility index (Phi) is 6.70. The van der Waals surface area contributed by atoms with Gasteiger partial charge in [0.1, 0.15) is 11.4 Å². The zero-order valence-corrected chi connectivity index (χ0v) is 21.8. The lowest BCUT2D eigenvalue weighted by Crippen LogP contribution is -2.54. The molecule has 2 aliphatic rings. The fraction of sp³-hybridized carbons (Fsp3) is 0.481. The summed E-state index contributed by atoms with van der Waals surface area (Å²) in [6.07, 6.45) is 5.43. The number of alkyl halides is 1. The number of carbonyl (C=O) groups is 2. The molecule has 0 radical (unpaired) electrons. The van der Waals surface area contributed by atoms with Crippen LogP contribution in [0.4, 0.5) is 10.1 Å². The van der Waals surface area contributed by atoms with Gasteiger partial charge in [0.25, 0.3) is 5.91 Å². The van der Waals surface area contributed by atoms with Crippen LogP contribution in [0.25, 0.3) is 11.0 Å². The number of hydrogen-bond acceptors (Lipinski definition) is 5. The Labute approximate surface area is 220 Å². The Morgan fingerprint density at radius 2 is 1.97 bits per heavy atom. The molecule has 2 amide bonds. The van der Waals surface area contributed by atoms with Gasteiger partial charge >= 0.3 is 0 Å². The summed E-state index contributed by atoms with van der Waals surface area (Å²) in [5.74, 6) is 0.331. The molecule has 4 heterocycles. The molecule has 5 rings (SSSR count). The number of likely N-dealkylation sites (tertiary alicyclic amines) is 1. The lowest BCUT2D eigenvalue weighted by molar-refractivity contribution is -0.150. The van der Waals surface area contributed by atoms with Crippen LogP contribution in [-0.2, 0) is 28.1 Å². The van der Waals surface area contributed by atoms with Gasteiger partial charge in [-0.15, -0.1) is 0 Å². The number of anilines is 1. The number of aromatic nitrogens is 3. The molecular weight excluding hydrogens is 497 g/mol. The van der Waals surface area contributed by atoms with E-state index in [1.165, 1.54) is 13.8 Å². The Balaban J connectivity index is 1.47. The topological polar surface area (TPSA) is 91.6 Å². The van der Waals surface area contributed by atoms with E-state index in [9.17, 15) is 19.1 Å². The largest absolute Gasteiger partial charge is 0.381 e. The number of imidazole rings is 1. The van der Waals surface area contributed by atoms with Crippen LogP contribution in [0, 0.1) is 0 Å². The van der Waals surface area contributed by atoms with E-state index in [1.807, 2.05) is 16.7 Å². The van der Waals surface area contributed by atoms with Gasteiger partial charge in [-0.3, -0.25) is 19.0 Å². The molecule has 1 N–H and O–H groups in total. The van der Waals surface area contributed by atoms with Gasteiger partial charge in [-0.1, -0.05) is 11.6 Å². The average Bonchev–Trinajstić information content (AvgIpc) is 3.32. The number of fused-ring (bicyclic) bond motifs is 3. The molecule has 10 heteroatoms. The van der Waals surface area contributed by atoms with Gasteiger partial charge in [0.05, 0.1) is 41.6 Å². The van der Waals surface area contributed by atoms with E-state index in [0.29, 0.717) is 56.2 Å². The highest BCUT2D eigenvalue weighted by atomic mass is 35.5. The molecule has 0 atom stereocenters. The highest BCUT2D eigenvalue weighted by Crippen LogP contribution is 2.48. The van der Waals surface area contributed by atoms with E-state index in [2.05, 4.69) is 4.98 Å². The normalized spacial score (nSPS) is 17.2. The lowest BCUT2D eigenvalue weighted by atomic mass is 9.73. The lowest BCUT2D eigenvalue weighted by Gasteiger charge is -2.40. The first-order chi connectivity index (χ1) is 17.7. The summed E-state index contributed by atoms with van der Waals surface area (Å²) in [6, 6.07) is 7.40. The molecule has 2 aromatic heterocycles. The van der Waals surface area contributed by atoms with Crippen LogP contribution in [0.1, 0.15) is 50.9 Å². The third kappa shape index (κ3) is 4.48. The van der Waals surface area contributed by atoms with E-state index >= 15 is 0 Å². The fourth-order valence-corrected chi connectivity index (χ4v) is 5.80. The number of carbonyl (C=O) groups excluding carboxylic acids is 2. The first kappa shape index (κ1) is 25.6. The van der Waals surface area contributed by atoms with Crippen molar-refractivity contribution in [3.05, 3.63) is 53.1 Å². The maximum Gasteiger partial charge on any atom is 0.253 e. The third-order valence-electron chi connectivity index (χ3n) is 7.54. The summed E-state index contributed by atoms with van der Waals surface area (Å²) in [5, 5.41) is 10.8. The second-order valence-electron chi connectivity index (χ2n) is 10.4. The van der Waals surface area contributed by atoms with E-state index < -0.39 is 11.0 Å². The molecule has 1 fully saturated rings. The van der Waals surface area contributed by atoms with Gasteiger partial charge in [0.2, 0.25) is 5.91 Å². The molecule has 196 valence electrons. The summed E-state index contributed by atoms with van der Waals surface area (Å²) in [4.78, 5) is 39.2. The molecule has 1 saturated heterocycles. The minimum absolute atomic E-state index is 0.0359. The Morgan fingerprint density at radius 1 is 1.22 bits per heavy atom. The SMILES string of the molecule is CC(C)(O)C(=O)N1CCC2(CC1)C(=O)N(Cc1nc3cc(Cl)ccc3n1CCCCF)c1cnccc12. The third-order valence-corrected chi connectivity index (χ3v) is 7.78. The highest BCUT2D eigenvalue weighted by Gasteiger charge is 2.53. The van der Waals surface area contributed by atoms with E-state index in [1.54, 1.807) is 34.3 Å². The van der Waals surface area contributed by atoms with Crippen LogP contribution in [0.15, 0.2) is 36.7 Å². The van der Waals surface area contributed by atoms with Crippen molar-refractivity contribution in [1.29, 1.82) is 0 Å².